The highest BCUT2D eigenvalue weighted by atomic mass is 32.2. The number of anilines is 1. The number of thioether (sulfide) groups is 1. The first-order valence-electron chi connectivity index (χ1n) is 5.89. The number of hydrogen-bond donors (Lipinski definition) is 1. The minimum Gasteiger partial charge on any atom is -0.494 e. The van der Waals surface area contributed by atoms with Crippen molar-refractivity contribution in [1.82, 2.24) is 0 Å². The zero-order valence-corrected chi connectivity index (χ0v) is 11.6. The van der Waals surface area contributed by atoms with Crippen LogP contribution in [0.2, 0.25) is 0 Å². The van der Waals surface area contributed by atoms with Crippen molar-refractivity contribution in [1.29, 1.82) is 0 Å². The molecule has 1 aromatic rings. The Bertz CT molecular complexity index is 396. The fourth-order valence-corrected chi connectivity index (χ4v) is 2.34. The van der Waals surface area contributed by atoms with Gasteiger partial charge in [-0.15, -0.1) is 11.8 Å². The summed E-state index contributed by atoms with van der Waals surface area (Å²) < 4.78 is 10.0. The molecule has 0 atom stereocenters. The smallest absolute Gasteiger partial charge is 0.305 e. The predicted molar refractivity (Wildman–Crippen MR) is 74.0 cm³/mol. The van der Waals surface area contributed by atoms with Gasteiger partial charge in [0.2, 0.25) is 0 Å². The molecule has 4 nitrogen and oxygen atoms in total. The Morgan fingerprint density at radius 1 is 1.44 bits per heavy atom. The molecule has 18 heavy (non-hydrogen) atoms. The maximum Gasteiger partial charge on any atom is 0.305 e. The van der Waals surface area contributed by atoms with Gasteiger partial charge in [-0.05, 0) is 37.3 Å². The molecule has 0 saturated heterocycles. The van der Waals surface area contributed by atoms with Crippen LogP contribution in [0, 0.1) is 0 Å². The molecule has 0 aromatic heterocycles. The molecule has 5 heteroatoms. The minimum absolute atomic E-state index is 0.174. The van der Waals surface area contributed by atoms with E-state index in [0.29, 0.717) is 13.0 Å². The standard InChI is InChI=1S/C13H19NO3S/c1-3-17-10-6-7-11(14)12(9-10)18-8-4-5-13(15)16-2/h6-7,9H,3-5,8,14H2,1-2H3. The van der Waals surface area contributed by atoms with E-state index in [9.17, 15) is 4.79 Å². The molecule has 0 heterocycles. The Morgan fingerprint density at radius 2 is 2.22 bits per heavy atom. The minimum atomic E-state index is -0.174. The molecular weight excluding hydrogens is 250 g/mol. The van der Waals surface area contributed by atoms with Crippen molar-refractivity contribution < 1.29 is 14.3 Å². The Labute approximate surface area is 112 Å². The van der Waals surface area contributed by atoms with E-state index in [1.807, 2.05) is 25.1 Å². The van der Waals surface area contributed by atoms with Gasteiger partial charge in [0.05, 0.1) is 13.7 Å². The van der Waals surface area contributed by atoms with Crippen LogP contribution in [-0.2, 0) is 9.53 Å². The number of nitrogen functional groups attached to an aromatic ring is 1. The van der Waals surface area contributed by atoms with Crippen LogP contribution < -0.4 is 10.5 Å². The average Bonchev–Trinajstić information content (AvgIpc) is 2.38. The zero-order valence-electron chi connectivity index (χ0n) is 10.8. The van der Waals surface area contributed by atoms with Crippen LogP contribution in [0.5, 0.6) is 5.75 Å². The number of esters is 1. The van der Waals surface area contributed by atoms with Crippen molar-refractivity contribution in [2.45, 2.75) is 24.7 Å². The van der Waals surface area contributed by atoms with Gasteiger partial charge >= 0.3 is 5.97 Å². The third kappa shape index (κ3) is 4.87. The fraction of sp³-hybridized carbons (Fsp3) is 0.462. The van der Waals surface area contributed by atoms with Gasteiger partial charge in [0.1, 0.15) is 5.75 Å². The molecule has 0 saturated carbocycles. The Balaban J connectivity index is 2.45. The summed E-state index contributed by atoms with van der Waals surface area (Å²) in [5.41, 5.74) is 6.62. The van der Waals surface area contributed by atoms with Crippen molar-refractivity contribution in [3.63, 3.8) is 0 Å². The van der Waals surface area contributed by atoms with Crippen LogP contribution in [0.3, 0.4) is 0 Å². The number of benzene rings is 1. The van der Waals surface area contributed by atoms with Crippen molar-refractivity contribution >= 4 is 23.4 Å². The summed E-state index contributed by atoms with van der Waals surface area (Å²) in [6, 6.07) is 5.63. The number of rotatable bonds is 7. The van der Waals surface area contributed by atoms with E-state index in [4.69, 9.17) is 10.5 Å². The molecule has 2 N–H and O–H groups in total. The van der Waals surface area contributed by atoms with Gasteiger partial charge in [0.25, 0.3) is 0 Å². The summed E-state index contributed by atoms with van der Waals surface area (Å²) in [5.74, 6) is 1.48. The Hall–Kier alpha value is -1.36. The van der Waals surface area contributed by atoms with Crippen molar-refractivity contribution in [3.8, 4) is 5.75 Å². The maximum absolute atomic E-state index is 11.0. The third-order valence-electron chi connectivity index (χ3n) is 2.31. The van der Waals surface area contributed by atoms with Crippen LogP contribution in [-0.4, -0.2) is 25.4 Å². The fourth-order valence-electron chi connectivity index (χ4n) is 1.40. The average molecular weight is 269 g/mol. The van der Waals surface area contributed by atoms with Gasteiger partial charge in [-0.25, -0.2) is 0 Å². The van der Waals surface area contributed by atoms with Gasteiger partial charge in [0.15, 0.2) is 0 Å². The number of ether oxygens (including phenoxy) is 2. The van der Waals surface area contributed by atoms with Gasteiger partial charge in [-0.3, -0.25) is 4.79 Å². The molecule has 100 valence electrons. The lowest BCUT2D eigenvalue weighted by Crippen LogP contribution is -2.00. The lowest BCUT2D eigenvalue weighted by atomic mass is 10.3. The summed E-state index contributed by atoms with van der Waals surface area (Å²) >= 11 is 1.63. The largest absolute Gasteiger partial charge is 0.494 e. The summed E-state index contributed by atoms with van der Waals surface area (Å²) in [6.07, 6.45) is 1.21. The highest BCUT2D eigenvalue weighted by molar-refractivity contribution is 7.99. The van der Waals surface area contributed by atoms with Crippen molar-refractivity contribution in [2.75, 3.05) is 25.2 Å². The van der Waals surface area contributed by atoms with E-state index in [1.54, 1.807) is 11.8 Å². The van der Waals surface area contributed by atoms with E-state index in [1.165, 1.54) is 7.11 Å². The highest BCUT2D eigenvalue weighted by Gasteiger charge is 2.04. The first-order chi connectivity index (χ1) is 8.67. The molecule has 0 fully saturated rings. The normalized spacial score (nSPS) is 10.1. The van der Waals surface area contributed by atoms with Crippen molar-refractivity contribution in [3.05, 3.63) is 18.2 Å². The van der Waals surface area contributed by atoms with Crippen LogP contribution in [0.15, 0.2) is 23.1 Å². The maximum atomic E-state index is 11.0. The molecule has 1 rings (SSSR count). The third-order valence-corrected chi connectivity index (χ3v) is 3.46. The van der Waals surface area contributed by atoms with E-state index >= 15 is 0 Å². The summed E-state index contributed by atoms with van der Waals surface area (Å²) in [6.45, 7) is 2.58. The summed E-state index contributed by atoms with van der Waals surface area (Å²) in [5, 5.41) is 0. The summed E-state index contributed by atoms with van der Waals surface area (Å²) in [7, 11) is 1.40. The second kappa shape index (κ2) is 7.87. The van der Waals surface area contributed by atoms with Gasteiger partial charge in [-0.1, -0.05) is 0 Å². The SMILES string of the molecule is CCOc1ccc(N)c(SCCCC(=O)OC)c1. The Kier molecular flexibility index (Phi) is 6.43. The molecule has 1 aromatic carbocycles. The molecular formula is C13H19NO3S. The number of carbonyl (C=O) groups excluding carboxylic acids is 1. The molecule has 0 aliphatic carbocycles. The van der Waals surface area contributed by atoms with E-state index in [0.717, 1.165) is 28.5 Å². The van der Waals surface area contributed by atoms with Gasteiger partial charge in [0, 0.05) is 17.0 Å². The van der Waals surface area contributed by atoms with Crippen LogP contribution >= 0.6 is 11.8 Å². The second-order valence-corrected chi connectivity index (χ2v) is 4.80. The highest BCUT2D eigenvalue weighted by Crippen LogP contribution is 2.29. The van der Waals surface area contributed by atoms with Crippen LogP contribution in [0.1, 0.15) is 19.8 Å². The van der Waals surface area contributed by atoms with E-state index in [2.05, 4.69) is 4.74 Å². The molecule has 0 radical (unpaired) electrons. The van der Waals surface area contributed by atoms with E-state index in [-0.39, 0.29) is 5.97 Å². The monoisotopic (exact) mass is 269 g/mol. The predicted octanol–water partition coefficient (Wildman–Crippen LogP) is 2.71. The molecule has 0 aliphatic rings. The topological polar surface area (TPSA) is 61.5 Å². The number of methoxy groups -OCH3 is 1. The number of nitrogens with two attached hydrogens (primary N) is 1. The summed E-state index contributed by atoms with van der Waals surface area (Å²) in [4.78, 5) is 11.9. The van der Waals surface area contributed by atoms with Gasteiger partial charge < -0.3 is 15.2 Å². The molecule has 0 bridgehead atoms. The lowest BCUT2D eigenvalue weighted by Gasteiger charge is -2.08. The molecule has 0 amide bonds. The van der Waals surface area contributed by atoms with Gasteiger partial charge in [-0.2, -0.15) is 0 Å². The first-order valence-corrected chi connectivity index (χ1v) is 6.88. The quantitative estimate of drug-likeness (QED) is 0.357. The zero-order chi connectivity index (χ0) is 13.4. The first kappa shape index (κ1) is 14.7. The molecule has 0 unspecified atom stereocenters. The van der Waals surface area contributed by atoms with Crippen LogP contribution in [0.4, 0.5) is 5.69 Å². The second-order valence-electron chi connectivity index (χ2n) is 3.66. The molecule has 0 spiro atoms. The van der Waals surface area contributed by atoms with Crippen LogP contribution in [0.25, 0.3) is 0 Å². The van der Waals surface area contributed by atoms with Crippen molar-refractivity contribution in [2.24, 2.45) is 0 Å². The number of hydrogen-bond acceptors (Lipinski definition) is 5. The van der Waals surface area contributed by atoms with E-state index < -0.39 is 0 Å². The Morgan fingerprint density at radius 3 is 2.89 bits per heavy atom. The lowest BCUT2D eigenvalue weighted by molar-refractivity contribution is -0.140. The molecule has 0 aliphatic heterocycles. The number of carbonyl (C=O) groups is 1.